The first-order valence-electron chi connectivity index (χ1n) is 4.60. The molecule has 0 saturated carbocycles. The molecule has 0 spiro atoms. The van der Waals surface area contributed by atoms with Gasteiger partial charge in [-0.1, -0.05) is 0 Å². The van der Waals surface area contributed by atoms with E-state index in [-0.39, 0.29) is 0 Å². The molecule has 0 aromatic carbocycles. The van der Waals surface area contributed by atoms with Crippen LogP contribution in [-0.4, -0.2) is 37.9 Å². The highest BCUT2D eigenvalue weighted by Crippen LogP contribution is 2.03. The summed E-state index contributed by atoms with van der Waals surface area (Å²) in [6.45, 7) is 4.80. The highest BCUT2D eigenvalue weighted by atomic mass is 16.3. The van der Waals surface area contributed by atoms with E-state index in [1.807, 2.05) is 0 Å². The summed E-state index contributed by atoms with van der Waals surface area (Å²) in [6, 6.07) is 0. The molecule has 1 heterocycles. The van der Waals surface area contributed by atoms with Gasteiger partial charge in [-0.25, -0.2) is 0 Å². The SMILES string of the molecule is [NH3+]C[C@@H]1CCC[NH+](CCO)C1. The smallest absolute Gasteiger partial charge is 0.101 e. The van der Waals surface area contributed by atoms with Crippen molar-refractivity contribution in [3.8, 4) is 0 Å². The second kappa shape index (κ2) is 4.70. The van der Waals surface area contributed by atoms with Crippen LogP contribution in [0.25, 0.3) is 0 Å². The lowest BCUT2D eigenvalue weighted by Gasteiger charge is -2.27. The topological polar surface area (TPSA) is 52.3 Å². The lowest BCUT2D eigenvalue weighted by atomic mass is 9.98. The van der Waals surface area contributed by atoms with Crippen molar-refractivity contribution in [2.45, 2.75) is 12.8 Å². The van der Waals surface area contributed by atoms with E-state index in [0.29, 0.717) is 6.61 Å². The number of hydrogen-bond donors (Lipinski definition) is 3. The number of rotatable bonds is 3. The van der Waals surface area contributed by atoms with E-state index in [2.05, 4.69) is 5.73 Å². The maximum Gasteiger partial charge on any atom is 0.101 e. The number of quaternary nitrogens is 2. The molecule has 11 heavy (non-hydrogen) atoms. The van der Waals surface area contributed by atoms with Crippen LogP contribution in [0.3, 0.4) is 0 Å². The molecule has 1 rings (SSSR count). The Bertz CT molecular complexity index is 106. The normalized spacial score (nSPS) is 32.2. The zero-order valence-electron chi connectivity index (χ0n) is 7.18. The Morgan fingerprint density at radius 1 is 1.55 bits per heavy atom. The van der Waals surface area contributed by atoms with Gasteiger partial charge in [0.25, 0.3) is 0 Å². The van der Waals surface area contributed by atoms with Crippen LogP contribution in [0, 0.1) is 5.92 Å². The van der Waals surface area contributed by atoms with Gasteiger partial charge >= 0.3 is 0 Å². The van der Waals surface area contributed by atoms with Gasteiger partial charge in [-0.15, -0.1) is 0 Å². The van der Waals surface area contributed by atoms with Crippen LogP contribution < -0.4 is 10.6 Å². The van der Waals surface area contributed by atoms with Crippen molar-refractivity contribution in [3.05, 3.63) is 0 Å². The third-order valence-electron chi connectivity index (χ3n) is 2.59. The van der Waals surface area contributed by atoms with E-state index in [4.69, 9.17) is 5.11 Å². The summed E-state index contributed by atoms with van der Waals surface area (Å²) in [5.41, 5.74) is 3.93. The summed E-state index contributed by atoms with van der Waals surface area (Å²) >= 11 is 0. The molecular formula is C8H20N2O+2. The van der Waals surface area contributed by atoms with E-state index in [0.717, 1.165) is 19.0 Å². The second-order valence-electron chi connectivity index (χ2n) is 3.47. The average molecular weight is 160 g/mol. The molecule has 0 aliphatic carbocycles. The molecule has 0 amide bonds. The van der Waals surface area contributed by atoms with Crippen LogP contribution >= 0.6 is 0 Å². The Labute approximate surface area is 68.2 Å². The number of nitrogens with one attached hydrogen (secondary N) is 1. The Kier molecular flexibility index (Phi) is 3.83. The maximum absolute atomic E-state index is 8.74. The minimum atomic E-state index is 0.333. The predicted molar refractivity (Wildman–Crippen MR) is 43.1 cm³/mol. The molecule has 0 aromatic rings. The van der Waals surface area contributed by atoms with Crippen molar-refractivity contribution >= 4 is 0 Å². The number of hydrogen-bond acceptors (Lipinski definition) is 1. The van der Waals surface area contributed by atoms with Crippen molar-refractivity contribution in [1.82, 2.24) is 0 Å². The molecule has 5 N–H and O–H groups in total. The Hall–Kier alpha value is -0.120. The minimum absolute atomic E-state index is 0.333. The van der Waals surface area contributed by atoms with Crippen molar-refractivity contribution in [2.24, 2.45) is 5.92 Å². The first kappa shape index (κ1) is 8.97. The highest BCUT2D eigenvalue weighted by Gasteiger charge is 2.22. The molecule has 1 unspecified atom stereocenters. The van der Waals surface area contributed by atoms with E-state index in [9.17, 15) is 0 Å². The third kappa shape index (κ3) is 2.77. The summed E-state index contributed by atoms with van der Waals surface area (Å²) in [4.78, 5) is 1.56. The van der Waals surface area contributed by atoms with Crippen molar-refractivity contribution < 1.29 is 15.7 Å². The molecule has 0 bridgehead atoms. The summed E-state index contributed by atoms with van der Waals surface area (Å²) in [5, 5.41) is 8.74. The van der Waals surface area contributed by atoms with Crippen molar-refractivity contribution in [3.63, 3.8) is 0 Å². The molecule has 1 saturated heterocycles. The van der Waals surface area contributed by atoms with Crippen LogP contribution in [0.15, 0.2) is 0 Å². The van der Waals surface area contributed by atoms with Crippen LogP contribution in [0.2, 0.25) is 0 Å². The maximum atomic E-state index is 8.74. The van der Waals surface area contributed by atoms with Gasteiger partial charge < -0.3 is 15.7 Å². The zero-order valence-corrected chi connectivity index (χ0v) is 7.18. The van der Waals surface area contributed by atoms with E-state index >= 15 is 0 Å². The highest BCUT2D eigenvalue weighted by molar-refractivity contribution is 4.58. The average Bonchev–Trinajstić information content (AvgIpc) is 2.06. The molecule has 3 heteroatoms. The molecule has 0 aromatic heterocycles. The monoisotopic (exact) mass is 160 g/mol. The van der Waals surface area contributed by atoms with Crippen LogP contribution in [0.5, 0.6) is 0 Å². The van der Waals surface area contributed by atoms with Gasteiger partial charge in [-0.3, -0.25) is 0 Å². The molecule has 3 nitrogen and oxygen atoms in total. The lowest BCUT2D eigenvalue weighted by Crippen LogP contribution is -3.14. The first-order chi connectivity index (χ1) is 5.36. The quantitative estimate of drug-likeness (QED) is 0.420. The molecule has 0 radical (unpaired) electrons. The summed E-state index contributed by atoms with van der Waals surface area (Å²) in [6.07, 6.45) is 2.66. The Morgan fingerprint density at radius 3 is 3.00 bits per heavy atom. The molecule has 66 valence electrons. The molecule has 1 fully saturated rings. The van der Waals surface area contributed by atoms with Crippen molar-refractivity contribution in [1.29, 1.82) is 0 Å². The van der Waals surface area contributed by atoms with Gasteiger partial charge in [-0.2, -0.15) is 0 Å². The summed E-state index contributed by atoms with van der Waals surface area (Å²) < 4.78 is 0. The second-order valence-corrected chi connectivity index (χ2v) is 3.47. The number of likely N-dealkylation sites (tertiary alicyclic amines) is 1. The van der Waals surface area contributed by atoms with Gasteiger partial charge in [0.2, 0.25) is 0 Å². The van der Waals surface area contributed by atoms with Gasteiger partial charge in [0, 0.05) is 0 Å². The third-order valence-corrected chi connectivity index (χ3v) is 2.59. The number of aliphatic hydroxyl groups is 1. The van der Waals surface area contributed by atoms with Gasteiger partial charge in [0.1, 0.15) is 6.54 Å². The Balaban J connectivity index is 2.21. The fourth-order valence-corrected chi connectivity index (χ4v) is 1.88. The fourth-order valence-electron chi connectivity index (χ4n) is 1.88. The lowest BCUT2D eigenvalue weighted by molar-refractivity contribution is -0.909. The first-order valence-corrected chi connectivity index (χ1v) is 4.60. The molecule has 1 aliphatic heterocycles. The van der Waals surface area contributed by atoms with Gasteiger partial charge in [-0.05, 0) is 12.8 Å². The van der Waals surface area contributed by atoms with Crippen LogP contribution in [0.4, 0.5) is 0 Å². The molecule has 1 aliphatic rings. The molecular weight excluding hydrogens is 140 g/mol. The van der Waals surface area contributed by atoms with E-state index < -0.39 is 0 Å². The minimum Gasteiger partial charge on any atom is -0.391 e. The molecule has 2 atom stereocenters. The summed E-state index contributed by atoms with van der Waals surface area (Å²) in [7, 11) is 0. The van der Waals surface area contributed by atoms with Crippen molar-refractivity contribution in [2.75, 3.05) is 32.8 Å². The predicted octanol–water partition coefficient (Wildman–Crippen LogP) is -2.48. The standard InChI is InChI=1S/C8H18N2O/c9-6-8-2-1-3-10(7-8)4-5-11/h8,11H,1-7,9H2/p+2/t8-/m0/s1. The Morgan fingerprint density at radius 2 is 2.36 bits per heavy atom. The van der Waals surface area contributed by atoms with Gasteiger partial charge in [0.05, 0.1) is 32.2 Å². The summed E-state index contributed by atoms with van der Waals surface area (Å²) in [5.74, 6) is 0.810. The number of aliphatic hydroxyl groups excluding tert-OH is 1. The van der Waals surface area contributed by atoms with E-state index in [1.54, 1.807) is 4.90 Å². The van der Waals surface area contributed by atoms with E-state index in [1.165, 1.54) is 25.9 Å². The van der Waals surface area contributed by atoms with Gasteiger partial charge in [0.15, 0.2) is 0 Å². The van der Waals surface area contributed by atoms with Crippen LogP contribution in [-0.2, 0) is 0 Å². The fraction of sp³-hybridized carbons (Fsp3) is 1.00. The largest absolute Gasteiger partial charge is 0.391 e. The van der Waals surface area contributed by atoms with Crippen LogP contribution in [0.1, 0.15) is 12.8 Å². The zero-order chi connectivity index (χ0) is 8.10. The number of piperidine rings is 1.